The number of aryl methyl sites for hydroxylation is 1. The molecule has 10 rings (SSSR count). The summed E-state index contributed by atoms with van der Waals surface area (Å²) >= 11 is 0. The maximum absolute atomic E-state index is 5.85. The van der Waals surface area contributed by atoms with Crippen LogP contribution in [0.1, 0.15) is 6.92 Å². The molecule has 17 heteroatoms. The predicted molar refractivity (Wildman–Crippen MR) is 223 cm³/mol. The number of H-pyrrole nitrogens is 3. The lowest BCUT2D eigenvalue weighted by Gasteiger charge is -2.14. The maximum Gasteiger partial charge on any atom is 0.186 e. The number of ether oxygens (including phenoxy) is 2. The Balaban J connectivity index is 0.000000152. The lowest BCUT2D eigenvalue weighted by atomic mass is 10.0. The SMILES string of the molecule is CCOc1ccc(-c2ccccc2)cc1Nc1ncnc2n[nH]c(-c3cn[nH]c3)c12.COc1ccc(-c2ccoc2)cc1Nc1ncnc2n[nH]c(-c3ccnn3C)c12. The highest BCUT2D eigenvalue weighted by atomic mass is 16.5. The van der Waals surface area contributed by atoms with Crippen molar-refractivity contribution in [3.63, 3.8) is 0 Å². The first-order chi connectivity index (χ1) is 29.1. The second kappa shape index (κ2) is 16.0. The minimum absolute atomic E-state index is 0.559. The molecule has 59 heavy (non-hydrogen) atoms. The third-order valence-electron chi connectivity index (χ3n) is 9.51. The van der Waals surface area contributed by atoms with E-state index in [1.54, 1.807) is 42.9 Å². The van der Waals surface area contributed by atoms with Crippen molar-refractivity contribution in [2.75, 3.05) is 24.4 Å². The largest absolute Gasteiger partial charge is 0.495 e. The van der Waals surface area contributed by atoms with Crippen molar-refractivity contribution in [1.82, 2.24) is 60.3 Å². The molecule has 3 aromatic carbocycles. The van der Waals surface area contributed by atoms with E-state index in [1.807, 2.05) is 68.6 Å². The van der Waals surface area contributed by atoms with E-state index in [1.165, 1.54) is 12.7 Å². The summed E-state index contributed by atoms with van der Waals surface area (Å²) in [7, 11) is 3.50. The topological polar surface area (TPSA) is 211 Å². The zero-order chi connectivity index (χ0) is 40.1. The number of aromatic amines is 3. The zero-order valence-electron chi connectivity index (χ0n) is 32.0. The van der Waals surface area contributed by atoms with E-state index in [4.69, 9.17) is 13.9 Å². The van der Waals surface area contributed by atoms with Gasteiger partial charge in [0.05, 0.1) is 71.7 Å². The number of nitrogens with one attached hydrogen (secondary N) is 5. The molecule has 17 nitrogen and oxygen atoms in total. The number of rotatable bonds is 11. The van der Waals surface area contributed by atoms with Crippen LogP contribution in [0, 0.1) is 0 Å². The van der Waals surface area contributed by atoms with E-state index in [-0.39, 0.29) is 0 Å². The van der Waals surface area contributed by atoms with Gasteiger partial charge in [0.2, 0.25) is 0 Å². The molecule has 0 aliphatic rings. The molecule has 0 aliphatic heterocycles. The molecular formula is C42H36N14O3. The first kappa shape index (κ1) is 36.3. The van der Waals surface area contributed by atoms with Gasteiger partial charge >= 0.3 is 0 Å². The lowest BCUT2D eigenvalue weighted by Crippen LogP contribution is -2.00. The molecule has 0 saturated carbocycles. The fourth-order valence-electron chi connectivity index (χ4n) is 6.69. The Bertz CT molecular complexity index is 2970. The Kier molecular flexibility index (Phi) is 9.86. The molecule has 0 radical (unpaired) electrons. The number of anilines is 4. The normalized spacial score (nSPS) is 11.0. The fraction of sp³-hybridized carbons (Fsp3) is 0.0952. The average Bonchev–Trinajstić information content (AvgIpc) is 4.13. The van der Waals surface area contributed by atoms with Crippen molar-refractivity contribution >= 4 is 45.1 Å². The van der Waals surface area contributed by atoms with Crippen LogP contribution in [0.4, 0.5) is 23.0 Å². The van der Waals surface area contributed by atoms with Gasteiger partial charge in [-0.1, -0.05) is 42.5 Å². The van der Waals surface area contributed by atoms with Crippen molar-refractivity contribution in [2.24, 2.45) is 7.05 Å². The molecule has 7 aromatic heterocycles. The van der Waals surface area contributed by atoms with E-state index >= 15 is 0 Å². The first-order valence-corrected chi connectivity index (χ1v) is 18.5. The molecule has 0 saturated heterocycles. The molecule has 0 fully saturated rings. The van der Waals surface area contributed by atoms with Gasteiger partial charge in [-0.15, -0.1) is 0 Å². The quantitative estimate of drug-likeness (QED) is 0.0836. The molecule has 10 aromatic rings. The Hall–Kier alpha value is -8.34. The van der Waals surface area contributed by atoms with Crippen LogP contribution < -0.4 is 20.1 Å². The number of hydrogen-bond donors (Lipinski definition) is 5. The van der Waals surface area contributed by atoms with E-state index in [0.29, 0.717) is 35.3 Å². The highest BCUT2D eigenvalue weighted by Gasteiger charge is 2.19. The van der Waals surface area contributed by atoms with Gasteiger partial charge in [-0.05, 0) is 60.0 Å². The van der Waals surface area contributed by atoms with Gasteiger partial charge in [-0.3, -0.25) is 20.0 Å². The molecule has 0 atom stereocenters. The highest BCUT2D eigenvalue weighted by molar-refractivity contribution is 6.01. The van der Waals surface area contributed by atoms with Crippen LogP contribution in [0.3, 0.4) is 0 Å². The number of furan rings is 1. The van der Waals surface area contributed by atoms with Crippen LogP contribution in [-0.2, 0) is 7.05 Å². The molecule has 5 N–H and O–H groups in total. The van der Waals surface area contributed by atoms with Crippen molar-refractivity contribution < 1.29 is 13.9 Å². The summed E-state index contributed by atoms with van der Waals surface area (Å²) in [5.74, 6) is 2.69. The molecule has 0 aliphatic carbocycles. The molecule has 292 valence electrons. The Morgan fingerprint density at radius 3 is 2.02 bits per heavy atom. The van der Waals surface area contributed by atoms with E-state index in [0.717, 1.165) is 72.8 Å². The number of methoxy groups -OCH3 is 1. The monoisotopic (exact) mass is 784 g/mol. The third-order valence-corrected chi connectivity index (χ3v) is 9.51. The van der Waals surface area contributed by atoms with Crippen LogP contribution in [0.25, 0.3) is 67.0 Å². The van der Waals surface area contributed by atoms with Crippen molar-refractivity contribution in [2.45, 2.75) is 6.92 Å². The summed E-state index contributed by atoms with van der Waals surface area (Å²) in [6.45, 7) is 2.52. The second-order valence-corrected chi connectivity index (χ2v) is 13.1. The van der Waals surface area contributed by atoms with Gasteiger partial charge < -0.3 is 24.5 Å². The van der Waals surface area contributed by atoms with Crippen LogP contribution >= 0.6 is 0 Å². The summed E-state index contributed by atoms with van der Waals surface area (Å²) in [5.41, 5.74) is 10.2. The first-order valence-electron chi connectivity index (χ1n) is 18.5. The molecule has 0 amide bonds. The number of fused-ring (bicyclic) bond motifs is 2. The molecule has 0 spiro atoms. The minimum atomic E-state index is 0.559. The second-order valence-electron chi connectivity index (χ2n) is 13.1. The van der Waals surface area contributed by atoms with E-state index in [9.17, 15) is 0 Å². The summed E-state index contributed by atoms with van der Waals surface area (Å²) in [4.78, 5) is 17.5. The maximum atomic E-state index is 5.85. The Morgan fingerprint density at radius 2 is 1.39 bits per heavy atom. The summed E-state index contributed by atoms with van der Waals surface area (Å²) in [5, 5.41) is 34.2. The molecular weight excluding hydrogens is 749 g/mol. The predicted octanol–water partition coefficient (Wildman–Crippen LogP) is 8.32. The summed E-state index contributed by atoms with van der Waals surface area (Å²) in [6.07, 6.45) is 11.6. The van der Waals surface area contributed by atoms with Gasteiger partial charge in [0.1, 0.15) is 35.8 Å². The number of nitrogens with zero attached hydrogens (tertiary/aromatic N) is 9. The smallest absolute Gasteiger partial charge is 0.186 e. The highest BCUT2D eigenvalue weighted by Crippen LogP contribution is 2.38. The van der Waals surface area contributed by atoms with Crippen LogP contribution in [-0.4, -0.2) is 74.0 Å². The minimum Gasteiger partial charge on any atom is -0.495 e. The van der Waals surface area contributed by atoms with Crippen molar-refractivity contribution in [3.8, 4) is 56.4 Å². The van der Waals surface area contributed by atoms with Gasteiger partial charge in [0, 0.05) is 30.6 Å². The lowest BCUT2D eigenvalue weighted by molar-refractivity contribution is 0.342. The number of hydrogen-bond acceptors (Lipinski definition) is 13. The van der Waals surface area contributed by atoms with Crippen molar-refractivity contribution in [3.05, 3.63) is 123 Å². The zero-order valence-corrected chi connectivity index (χ0v) is 32.0. The summed E-state index contributed by atoms with van der Waals surface area (Å²) in [6, 6.07) is 26.0. The van der Waals surface area contributed by atoms with Crippen LogP contribution in [0.5, 0.6) is 11.5 Å². The third kappa shape index (κ3) is 7.26. The standard InChI is InChI=1S/C22H19N7O.C20H17N7O2/c1-2-30-18-9-8-15(14-6-4-3-5-7-14)10-17(18)27-21-19-20(16-11-25-26-12-16)28-29-22(19)24-13-23-21;1-27-15(5-7-23-27)18-17-19(21-11-22-20(17)26-25-18)24-14-9-12(3-4-16(14)28-2)13-6-8-29-10-13/h3-13H,2H2,1H3,(H,25,26)(H2,23,24,27,28,29);3-11H,1-2H3,(H2,21,22,24,25,26). The average molecular weight is 785 g/mol. The number of aromatic nitrogens is 12. The molecule has 0 bridgehead atoms. The van der Waals surface area contributed by atoms with Crippen LogP contribution in [0.2, 0.25) is 0 Å². The summed E-state index contributed by atoms with van der Waals surface area (Å²) < 4.78 is 18.4. The van der Waals surface area contributed by atoms with Gasteiger partial charge in [0.25, 0.3) is 0 Å². The van der Waals surface area contributed by atoms with E-state index < -0.39 is 0 Å². The van der Waals surface area contributed by atoms with Gasteiger partial charge in [-0.25, -0.2) is 19.9 Å². The number of benzene rings is 3. The van der Waals surface area contributed by atoms with Crippen molar-refractivity contribution in [1.29, 1.82) is 0 Å². The van der Waals surface area contributed by atoms with Gasteiger partial charge in [-0.2, -0.15) is 20.4 Å². The Morgan fingerprint density at radius 1 is 0.712 bits per heavy atom. The molecule has 7 heterocycles. The van der Waals surface area contributed by atoms with Gasteiger partial charge in [0.15, 0.2) is 11.3 Å². The van der Waals surface area contributed by atoms with E-state index in [2.05, 4.69) is 90.5 Å². The van der Waals surface area contributed by atoms with Crippen LogP contribution in [0.15, 0.2) is 127 Å². The molecule has 0 unspecified atom stereocenters. The Labute approximate surface area is 335 Å². The fourth-order valence-corrected chi connectivity index (χ4v) is 6.69.